The lowest BCUT2D eigenvalue weighted by Gasteiger charge is -2.10. The minimum absolute atomic E-state index is 0.879. The molecule has 0 aliphatic carbocycles. The lowest BCUT2D eigenvalue weighted by molar-refractivity contribution is 0.287. The number of hydrogen-bond acceptors (Lipinski definition) is 4. The van der Waals surface area contributed by atoms with Crippen LogP contribution in [-0.2, 0) is 6.54 Å². The molecule has 0 unspecified atom stereocenters. The van der Waals surface area contributed by atoms with Crippen molar-refractivity contribution in [2.45, 2.75) is 20.4 Å². The second-order valence-corrected chi connectivity index (χ2v) is 4.26. The zero-order chi connectivity index (χ0) is 9.14. The first kappa shape index (κ1) is 9.64. The van der Waals surface area contributed by atoms with Crippen LogP contribution in [0.2, 0.25) is 0 Å². The first-order chi connectivity index (χ1) is 5.59. The van der Waals surface area contributed by atoms with Crippen LogP contribution in [0.5, 0.6) is 0 Å². The fraction of sp³-hybridized carbons (Fsp3) is 0.625. The number of hydrogen-bond donors (Lipinski definition) is 1. The number of rotatable bonds is 3. The summed E-state index contributed by atoms with van der Waals surface area (Å²) < 4.78 is 0. The molecule has 1 heterocycles. The molecule has 1 aromatic heterocycles. The van der Waals surface area contributed by atoms with Crippen LogP contribution in [0, 0.1) is 13.8 Å². The molecule has 0 fully saturated rings. The molecule has 1 aromatic rings. The van der Waals surface area contributed by atoms with Crippen LogP contribution in [-0.4, -0.2) is 24.1 Å². The molecule has 0 atom stereocenters. The first-order valence-corrected chi connectivity index (χ1v) is 4.75. The van der Waals surface area contributed by atoms with E-state index in [0.29, 0.717) is 0 Å². The van der Waals surface area contributed by atoms with E-state index in [4.69, 9.17) is 0 Å². The number of hydrazine groups is 1. The number of nitrogens with zero attached hydrogens (tertiary/aromatic N) is 2. The Morgan fingerprint density at radius 3 is 2.50 bits per heavy atom. The standard InChI is InChI=1S/C8H15N3S/c1-6-8(5-9-11(3)4)12-7(2)10-6/h9H,5H2,1-4H3. The predicted octanol–water partition coefficient (Wildman–Crippen LogP) is 1.33. The van der Waals surface area contributed by atoms with Crippen LogP contribution < -0.4 is 5.43 Å². The first-order valence-electron chi connectivity index (χ1n) is 3.93. The molecule has 0 aliphatic heterocycles. The van der Waals surface area contributed by atoms with Gasteiger partial charge in [-0.1, -0.05) is 0 Å². The van der Waals surface area contributed by atoms with Gasteiger partial charge in [-0.3, -0.25) is 10.4 Å². The van der Waals surface area contributed by atoms with Gasteiger partial charge in [0.15, 0.2) is 0 Å². The van der Waals surface area contributed by atoms with Crippen LogP contribution in [0.4, 0.5) is 0 Å². The van der Waals surface area contributed by atoms with Gasteiger partial charge in [-0.05, 0) is 13.8 Å². The largest absolute Gasteiger partial charge is 0.250 e. The smallest absolute Gasteiger partial charge is 0.0900 e. The SMILES string of the molecule is Cc1nc(C)c(CNN(C)C)s1. The van der Waals surface area contributed by atoms with Gasteiger partial charge in [0.25, 0.3) is 0 Å². The van der Waals surface area contributed by atoms with Crippen molar-refractivity contribution in [3.8, 4) is 0 Å². The van der Waals surface area contributed by atoms with Gasteiger partial charge in [0.1, 0.15) is 0 Å². The highest BCUT2D eigenvalue weighted by molar-refractivity contribution is 7.11. The quantitative estimate of drug-likeness (QED) is 0.720. The Morgan fingerprint density at radius 2 is 2.08 bits per heavy atom. The van der Waals surface area contributed by atoms with Crippen molar-refractivity contribution in [1.82, 2.24) is 15.4 Å². The molecule has 0 saturated carbocycles. The predicted molar refractivity (Wildman–Crippen MR) is 52.1 cm³/mol. The molecule has 68 valence electrons. The molecule has 4 heteroatoms. The molecule has 0 spiro atoms. The molecular weight excluding hydrogens is 170 g/mol. The van der Waals surface area contributed by atoms with Crippen molar-refractivity contribution < 1.29 is 0 Å². The van der Waals surface area contributed by atoms with E-state index in [2.05, 4.69) is 17.3 Å². The molecule has 0 amide bonds. The van der Waals surface area contributed by atoms with Crippen LogP contribution in [0.1, 0.15) is 15.6 Å². The summed E-state index contributed by atoms with van der Waals surface area (Å²) >= 11 is 1.76. The molecule has 3 nitrogen and oxygen atoms in total. The Hall–Kier alpha value is -0.450. The average Bonchev–Trinajstić information content (AvgIpc) is 2.26. The van der Waals surface area contributed by atoms with Gasteiger partial charge in [-0.2, -0.15) is 0 Å². The number of thiazole rings is 1. The van der Waals surface area contributed by atoms with Gasteiger partial charge in [-0.15, -0.1) is 11.3 Å². The molecule has 0 radical (unpaired) electrons. The van der Waals surface area contributed by atoms with Crippen LogP contribution in [0.3, 0.4) is 0 Å². The lowest BCUT2D eigenvalue weighted by Crippen LogP contribution is -2.29. The summed E-state index contributed by atoms with van der Waals surface area (Å²) in [7, 11) is 3.98. The molecule has 1 rings (SSSR count). The normalized spacial score (nSPS) is 11.1. The maximum absolute atomic E-state index is 4.35. The molecule has 0 saturated heterocycles. The van der Waals surface area contributed by atoms with Crippen molar-refractivity contribution >= 4 is 11.3 Å². The van der Waals surface area contributed by atoms with E-state index in [1.54, 1.807) is 11.3 Å². The Kier molecular flexibility index (Phi) is 3.20. The van der Waals surface area contributed by atoms with E-state index in [1.165, 1.54) is 4.88 Å². The topological polar surface area (TPSA) is 28.2 Å². The van der Waals surface area contributed by atoms with Gasteiger partial charge in [0, 0.05) is 25.5 Å². The van der Waals surface area contributed by atoms with Gasteiger partial charge in [0.2, 0.25) is 0 Å². The lowest BCUT2D eigenvalue weighted by atomic mass is 10.4. The summed E-state index contributed by atoms with van der Waals surface area (Å²) in [6, 6.07) is 0. The fourth-order valence-corrected chi connectivity index (χ4v) is 1.84. The van der Waals surface area contributed by atoms with E-state index in [0.717, 1.165) is 17.2 Å². The second-order valence-electron chi connectivity index (χ2n) is 2.97. The van der Waals surface area contributed by atoms with E-state index >= 15 is 0 Å². The van der Waals surface area contributed by atoms with Gasteiger partial charge >= 0.3 is 0 Å². The van der Waals surface area contributed by atoms with Crippen molar-refractivity contribution in [3.63, 3.8) is 0 Å². The third-order valence-electron chi connectivity index (χ3n) is 1.56. The number of aryl methyl sites for hydroxylation is 2. The van der Waals surface area contributed by atoms with E-state index in [9.17, 15) is 0 Å². The Labute approximate surface area is 77.4 Å². The maximum Gasteiger partial charge on any atom is 0.0900 e. The second kappa shape index (κ2) is 3.98. The summed E-state index contributed by atoms with van der Waals surface area (Å²) in [4.78, 5) is 5.67. The highest BCUT2D eigenvalue weighted by Crippen LogP contribution is 2.16. The van der Waals surface area contributed by atoms with Crippen LogP contribution in [0.15, 0.2) is 0 Å². The molecule has 0 aromatic carbocycles. The van der Waals surface area contributed by atoms with Gasteiger partial charge < -0.3 is 0 Å². The highest BCUT2D eigenvalue weighted by atomic mass is 32.1. The fourth-order valence-electron chi connectivity index (χ4n) is 0.967. The summed E-state index contributed by atoms with van der Waals surface area (Å²) in [5, 5.41) is 3.09. The summed E-state index contributed by atoms with van der Waals surface area (Å²) in [5.74, 6) is 0. The molecule has 0 aliphatic rings. The summed E-state index contributed by atoms with van der Waals surface area (Å²) in [6.45, 7) is 4.97. The van der Waals surface area contributed by atoms with Crippen molar-refractivity contribution in [2.75, 3.05) is 14.1 Å². The molecule has 12 heavy (non-hydrogen) atoms. The highest BCUT2D eigenvalue weighted by Gasteiger charge is 2.03. The average molecular weight is 185 g/mol. The van der Waals surface area contributed by atoms with E-state index < -0.39 is 0 Å². The van der Waals surface area contributed by atoms with Gasteiger partial charge in [-0.25, -0.2) is 4.98 Å². The van der Waals surface area contributed by atoms with Crippen molar-refractivity contribution in [2.24, 2.45) is 0 Å². The monoisotopic (exact) mass is 185 g/mol. The zero-order valence-electron chi connectivity index (χ0n) is 8.01. The van der Waals surface area contributed by atoms with Crippen LogP contribution in [0.25, 0.3) is 0 Å². The summed E-state index contributed by atoms with van der Waals surface area (Å²) in [6.07, 6.45) is 0. The minimum atomic E-state index is 0.879. The van der Waals surface area contributed by atoms with Crippen molar-refractivity contribution in [3.05, 3.63) is 15.6 Å². The minimum Gasteiger partial charge on any atom is -0.250 e. The zero-order valence-corrected chi connectivity index (χ0v) is 8.83. The Balaban J connectivity index is 2.57. The Morgan fingerprint density at radius 1 is 1.42 bits per heavy atom. The maximum atomic E-state index is 4.35. The van der Waals surface area contributed by atoms with Crippen LogP contribution >= 0.6 is 11.3 Å². The van der Waals surface area contributed by atoms with Crippen molar-refractivity contribution in [1.29, 1.82) is 0 Å². The third-order valence-corrected chi connectivity index (χ3v) is 2.63. The Bertz CT molecular complexity index is 255. The molecule has 0 bridgehead atoms. The summed E-state index contributed by atoms with van der Waals surface area (Å²) in [5.41, 5.74) is 4.36. The molecular formula is C8H15N3S. The molecule has 1 N–H and O–H groups in total. The number of nitrogens with one attached hydrogen (secondary N) is 1. The third kappa shape index (κ3) is 2.55. The van der Waals surface area contributed by atoms with Gasteiger partial charge in [0.05, 0.1) is 10.7 Å². The number of aromatic nitrogens is 1. The van der Waals surface area contributed by atoms with E-state index in [1.807, 2.05) is 26.0 Å². The van der Waals surface area contributed by atoms with E-state index in [-0.39, 0.29) is 0 Å².